The van der Waals surface area contributed by atoms with E-state index in [2.05, 4.69) is 41.0 Å². The number of carbonyl (C=O) groups excluding carboxylic acids is 1. The smallest absolute Gasteiger partial charge is 0.163 e. The van der Waals surface area contributed by atoms with Crippen molar-refractivity contribution in [1.82, 2.24) is 0 Å². The molecule has 5 rings (SSSR count). The molecule has 0 spiro atoms. The Balaban J connectivity index is 1.59. The highest BCUT2D eigenvalue weighted by Crippen LogP contribution is 2.44. The molecule has 2 N–H and O–H groups in total. The van der Waals surface area contributed by atoms with Crippen LogP contribution in [0.1, 0.15) is 35.9 Å². The van der Waals surface area contributed by atoms with Gasteiger partial charge in [0.1, 0.15) is 5.75 Å². The number of allylic oxidation sites excluding steroid dienone is 1. The Hall–Kier alpha value is -3.53. The molecule has 3 aromatic rings. The Kier molecular flexibility index (Phi) is 4.75. The lowest BCUT2D eigenvalue weighted by atomic mass is 9.78. The molecule has 2 aliphatic rings. The van der Waals surface area contributed by atoms with Gasteiger partial charge in [-0.25, -0.2) is 0 Å². The quantitative estimate of drug-likeness (QED) is 0.598. The van der Waals surface area contributed by atoms with Crippen molar-refractivity contribution >= 4 is 17.2 Å². The molecule has 2 unspecified atom stereocenters. The number of para-hydroxylation sites is 2. The summed E-state index contributed by atoms with van der Waals surface area (Å²) in [5.41, 5.74) is 6.09. The third-order valence-electron chi connectivity index (χ3n) is 6.01. The molecule has 1 aliphatic heterocycles. The first-order chi connectivity index (χ1) is 14.7. The first-order valence-corrected chi connectivity index (χ1v) is 10.3. The van der Waals surface area contributed by atoms with Crippen molar-refractivity contribution < 1.29 is 9.53 Å². The maximum absolute atomic E-state index is 13.5. The summed E-state index contributed by atoms with van der Waals surface area (Å²) in [7, 11) is 1.67. The summed E-state index contributed by atoms with van der Waals surface area (Å²) in [5, 5.41) is 7.20. The van der Waals surface area contributed by atoms with E-state index in [9.17, 15) is 4.79 Å². The van der Waals surface area contributed by atoms with Crippen LogP contribution in [-0.2, 0) is 4.79 Å². The molecule has 0 aromatic heterocycles. The topological polar surface area (TPSA) is 50.4 Å². The van der Waals surface area contributed by atoms with Crippen molar-refractivity contribution in [3.8, 4) is 5.75 Å². The van der Waals surface area contributed by atoms with E-state index < -0.39 is 0 Å². The molecular weight excluding hydrogens is 372 g/mol. The van der Waals surface area contributed by atoms with E-state index in [0.29, 0.717) is 6.42 Å². The summed E-state index contributed by atoms with van der Waals surface area (Å²) in [6.07, 6.45) is 1.28. The van der Waals surface area contributed by atoms with E-state index in [1.165, 1.54) is 0 Å². The molecule has 0 fully saturated rings. The predicted octanol–water partition coefficient (Wildman–Crippen LogP) is 5.67. The van der Waals surface area contributed by atoms with Crippen molar-refractivity contribution in [2.24, 2.45) is 0 Å². The van der Waals surface area contributed by atoms with Gasteiger partial charge in [0.15, 0.2) is 5.78 Å². The zero-order valence-corrected chi connectivity index (χ0v) is 16.9. The molecule has 0 saturated heterocycles. The predicted molar refractivity (Wildman–Crippen MR) is 120 cm³/mol. The number of nitrogens with one attached hydrogen (secondary N) is 2. The number of rotatable bonds is 3. The van der Waals surface area contributed by atoms with E-state index in [1.54, 1.807) is 7.11 Å². The van der Waals surface area contributed by atoms with Crippen molar-refractivity contribution in [3.63, 3.8) is 0 Å². The van der Waals surface area contributed by atoms with Crippen LogP contribution in [0, 0.1) is 0 Å². The summed E-state index contributed by atoms with van der Waals surface area (Å²) >= 11 is 0. The van der Waals surface area contributed by atoms with Crippen LogP contribution >= 0.6 is 0 Å². The number of fused-ring (bicyclic) bond motifs is 1. The second-order valence-corrected chi connectivity index (χ2v) is 7.86. The summed E-state index contributed by atoms with van der Waals surface area (Å²) in [5.74, 6) is 1.13. The minimum absolute atomic E-state index is 0.125. The van der Waals surface area contributed by atoms with Crippen LogP contribution in [0.4, 0.5) is 11.4 Å². The number of carbonyl (C=O) groups is 1. The van der Waals surface area contributed by atoms with E-state index in [0.717, 1.165) is 45.9 Å². The van der Waals surface area contributed by atoms with Gasteiger partial charge in [-0.15, -0.1) is 0 Å². The zero-order valence-electron chi connectivity index (χ0n) is 16.9. The number of benzene rings is 3. The molecule has 0 saturated carbocycles. The van der Waals surface area contributed by atoms with E-state index in [4.69, 9.17) is 4.74 Å². The minimum atomic E-state index is -0.170. The van der Waals surface area contributed by atoms with Crippen LogP contribution in [0.5, 0.6) is 5.75 Å². The Bertz CT molecular complexity index is 1120. The second kappa shape index (κ2) is 7.71. The number of hydrogen-bond acceptors (Lipinski definition) is 4. The standard InChI is InChI=1S/C26H24N2O2/c1-30-20-11-7-10-18(14-20)19-15-23-25(24(29)16-19)26(17-8-3-2-4-9-17)28-22-13-6-5-12-21(22)27-23/h2-14,19,26-28H,15-16H2,1H3. The second-order valence-electron chi connectivity index (χ2n) is 7.86. The molecule has 1 aliphatic carbocycles. The number of ether oxygens (including phenoxy) is 1. The average molecular weight is 396 g/mol. The summed E-state index contributed by atoms with van der Waals surface area (Å²) < 4.78 is 5.40. The SMILES string of the molecule is COc1cccc(C2CC(=O)C3=C(C2)Nc2ccccc2NC3c2ccccc2)c1. The average Bonchev–Trinajstić information content (AvgIpc) is 2.96. The van der Waals surface area contributed by atoms with Gasteiger partial charge in [0.05, 0.1) is 24.5 Å². The zero-order chi connectivity index (χ0) is 20.5. The molecule has 4 nitrogen and oxygen atoms in total. The minimum Gasteiger partial charge on any atom is -0.497 e. The molecular formula is C26H24N2O2. The molecule has 2 atom stereocenters. The maximum Gasteiger partial charge on any atom is 0.163 e. The first-order valence-electron chi connectivity index (χ1n) is 10.3. The number of anilines is 2. The Morgan fingerprint density at radius 2 is 1.57 bits per heavy atom. The van der Waals surface area contributed by atoms with Gasteiger partial charge >= 0.3 is 0 Å². The van der Waals surface area contributed by atoms with Gasteiger partial charge in [-0.05, 0) is 47.7 Å². The Labute approximate surface area is 176 Å². The summed E-state index contributed by atoms with van der Waals surface area (Å²) in [6.45, 7) is 0. The van der Waals surface area contributed by atoms with Crippen molar-refractivity contribution in [2.45, 2.75) is 24.8 Å². The third-order valence-corrected chi connectivity index (χ3v) is 6.01. The summed E-state index contributed by atoms with van der Waals surface area (Å²) in [6, 6.07) is 26.2. The van der Waals surface area contributed by atoms with Crippen LogP contribution in [0.3, 0.4) is 0 Å². The normalized spacial score (nSPS) is 20.4. The molecule has 1 heterocycles. The fourth-order valence-electron chi connectivity index (χ4n) is 4.52. The fourth-order valence-corrected chi connectivity index (χ4v) is 4.52. The van der Waals surface area contributed by atoms with Crippen molar-refractivity contribution in [3.05, 3.63) is 101 Å². The van der Waals surface area contributed by atoms with Crippen molar-refractivity contribution in [2.75, 3.05) is 17.7 Å². The van der Waals surface area contributed by atoms with Gasteiger partial charge in [0, 0.05) is 17.7 Å². The molecule has 150 valence electrons. The van der Waals surface area contributed by atoms with Crippen LogP contribution in [0.15, 0.2) is 90.1 Å². The molecule has 0 amide bonds. The van der Waals surface area contributed by atoms with Crippen LogP contribution in [-0.4, -0.2) is 12.9 Å². The highest BCUT2D eigenvalue weighted by molar-refractivity contribution is 6.01. The lowest BCUT2D eigenvalue weighted by molar-refractivity contribution is -0.116. The van der Waals surface area contributed by atoms with Gasteiger partial charge in [-0.2, -0.15) is 0 Å². The van der Waals surface area contributed by atoms with E-state index in [1.807, 2.05) is 48.5 Å². The molecule has 4 heteroatoms. The van der Waals surface area contributed by atoms with Crippen LogP contribution < -0.4 is 15.4 Å². The van der Waals surface area contributed by atoms with Gasteiger partial charge in [0.25, 0.3) is 0 Å². The molecule has 3 aromatic carbocycles. The molecule has 30 heavy (non-hydrogen) atoms. The highest BCUT2D eigenvalue weighted by Gasteiger charge is 2.36. The first kappa shape index (κ1) is 18.5. The summed E-state index contributed by atoms with van der Waals surface area (Å²) in [4.78, 5) is 13.5. The lowest BCUT2D eigenvalue weighted by Crippen LogP contribution is -2.26. The Morgan fingerprint density at radius 3 is 2.37 bits per heavy atom. The number of hydrogen-bond donors (Lipinski definition) is 2. The lowest BCUT2D eigenvalue weighted by Gasteiger charge is -2.30. The third kappa shape index (κ3) is 3.35. The monoisotopic (exact) mass is 396 g/mol. The molecule has 0 bridgehead atoms. The van der Waals surface area contributed by atoms with E-state index in [-0.39, 0.29) is 17.7 Å². The van der Waals surface area contributed by atoms with E-state index >= 15 is 0 Å². The van der Waals surface area contributed by atoms with Gasteiger partial charge in [-0.3, -0.25) is 4.79 Å². The van der Waals surface area contributed by atoms with Crippen LogP contribution in [0.2, 0.25) is 0 Å². The van der Waals surface area contributed by atoms with Gasteiger partial charge < -0.3 is 15.4 Å². The maximum atomic E-state index is 13.5. The number of methoxy groups -OCH3 is 1. The van der Waals surface area contributed by atoms with Gasteiger partial charge in [0.2, 0.25) is 0 Å². The largest absolute Gasteiger partial charge is 0.497 e. The molecule has 0 radical (unpaired) electrons. The highest BCUT2D eigenvalue weighted by atomic mass is 16.5. The number of ketones is 1. The fraction of sp³-hybridized carbons (Fsp3) is 0.192. The van der Waals surface area contributed by atoms with Crippen LogP contribution in [0.25, 0.3) is 0 Å². The Morgan fingerprint density at radius 1 is 0.833 bits per heavy atom. The number of Topliss-reactive ketones (excluding diaryl/α,β-unsaturated/α-hetero) is 1. The van der Waals surface area contributed by atoms with Crippen molar-refractivity contribution in [1.29, 1.82) is 0 Å². The van der Waals surface area contributed by atoms with Gasteiger partial charge in [-0.1, -0.05) is 54.6 Å².